The number of ether oxygens (including phenoxy) is 1. The maximum Gasteiger partial charge on any atom is 0.246 e. The summed E-state index contributed by atoms with van der Waals surface area (Å²) >= 11 is 1.69. The largest absolute Gasteiger partial charge is 0.367 e. The van der Waals surface area contributed by atoms with Crippen molar-refractivity contribution in [2.45, 2.75) is 50.9 Å². The fourth-order valence-electron chi connectivity index (χ4n) is 4.47. The molecule has 6 heteroatoms. The molecular weight excluding hydrogens is 360 g/mol. The predicted molar refractivity (Wildman–Crippen MR) is 106 cm³/mol. The molecule has 0 aromatic heterocycles. The van der Waals surface area contributed by atoms with E-state index in [9.17, 15) is 9.59 Å². The second-order valence-corrected chi connectivity index (χ2v) is 8.89. The van der Waals surface area contributed by atoms with Crippen molar-refractivity contribution in [2.24, 2.45) is 5.92 Å². The van der Waals surface area contributed by atoms with Gasteiger partial charge in [-0.2, -0.15) is 0 Å². The fraction of sp³-hybridized carbons (Fsp3) is 0.619. The predicted octanol–water partition coefficient (Wildman–Crippen LogP) is 3.07. The SMILES string of the molecule is CC1CN(C(=O)C2CSCN2C(=O)C2CCCC2)CC(c2ccccc2)O1. The molecule has 3 fully saturated rings. The minimum absolute atomic E-state index is 0.0130. The third-order valence-corrected chi connectivity index (χ3v) is 6.91. The summed E-state index contributed by atoms with van der Waals surface area (Å²) in [5.41, 5.74) is 1.10. The number of morpholine rings is 1. The standard InChI is InChI=1S/C21H28N2O3S/c1-15-11-22(12-19(26-15)16-7-3-2-4-8-16)21(25)18-13-27-14-23(18)20(24)17-9-5-6-10-17/h2-4,7-8,15,17-19H,5-6,9-14H2,1H3. The first-order valence-electron chi connectivity index (χ1n) is 10.0. The third kappa shape index (κ3) is 4.02. The highest BCUT2D eigenvalue weighted by atomic mass is 32.2. The zero-order valence-electron chi connectivity index (χ0n) is 15.9. The second kappa shape index (κ2) is 8.23. The minimum Gasteiger partial charge on any atom is -0.367 e. The first-order valence-corrected chi connectivity index (χ1v) is 11.2. The van der Waals surface area contributed by atoms with Crippen LogP contribution in [-0.4, -0.2) is 58.5 Å². The van der Waals surface area contributed by atoms with Crippen molar-refractivity contribution < 1.29 is 14.3 Å². The van der Waals surface area contributed by atoms with E-state index in [1.807, 2.05) is 47.1 Å². The monoisotopic (exact) mass is 388 g/mol. The summed E-state index contributed by atoms with van der Waals surface area (Å²) in [6, 6.07) is 9.77. The van der Waals surface area contributed by atoms with Gasteiger partial charge in [-0.1, -0.05) is 43.2 Å². The summed E-state index contributed by atoms with van der Waals surface area (Å²) in [4.78, 5) is 30.0. The minimum atomic E-state index is -0.315. The average molecular weight is 389 g/mol. The molecule has 2 amide bonds. The van der Waals surface area contributed by atoms with Gasteiger partial charge in [-0.25, -0.2) is 0 Å². The molecule has 1 aromatic rings. The van der Waals surface area contributed by atoms with Gasteiger partial charge >= 0.3 is 0 Å². The van der Waals surface area contributed by atoms with Gasteiger partial charge in [0.2, 0.25) is 11.8 Å². The Morgan fingerprint density at radius 3 is 2.56 bits per heavy atom. The van der Waals surface area contributed by atoms with Crippen LogP contribution in [0.25, 0.3) is 0 Å². The van der Waals surface area contributed by atoms with E-state index in [2.05, 4.69) is 0 Å². The van der Waals surface area contributed by atoms with Crippen molar-refractivity contribution in [1.29, 1.82) is 0 Å². The number of nitrogens with zero attached hydrogens (tertiary/aromatic N) is 2. The normalized spacial score (nSPS) is 29.3. The van der Waals surface area contributed by atoms with Gasteiger partial charge in [0.15, 0.2) is 0 Å². The Labute approximate surface area is 165 Å². The van der Waals surface area contributed by atoms with Crippen LogP contribution >= 0.6 is 11.8 Å². The van der Waals surface area contributed by atoms with Gasteiger partial charge in [0.1, 0.15) is 12.1 Å². The molecular formula is C21H28N2O3S. The van der Waals surface area contributed by atoms with Gasteiger partial charge in [0, 0.05) is 18.2 Å². The Hall–Kier alpha value is -1.53. The van der Waals surface area contributed by atoms with Crippen LogP contribution in [0.2, 0.25) is 0 Å². The number of carbonyl (C=O) groups excluding carboxylic acids is 2. The highest BCUT2D eigenvalue weighted by Crippen LogP contribution is 2.32. The Kier molecular flexibility index (Phi) is 5.74. The molecule has 1 saturated carbocycles. The number of benzene rings is 1. The summed E-state index contributed by atoms with van der Waals surface area (Å²) in [6.45, 7) is 3.16. The molecule has 4 rings (SSSR count). The lowest BCUT2D eigenvalue weighted by Gasteiger charge is -2.39. The summed E-state index contributed by atoms with van der Waals surface area (Å²) in [6.07, 6.45) is 4.11. The van der Waals surface area contributed by atoms with E-state index in [0.29, 0.717) is 24.7 Å². The van der Waals surface area contributed by atoms with Crippen LogP contribution in [0.5, 0.6) is 0 Å². The van der Waals surface area contributed by atoms with Crippen LogP contribution in [0.15, 0.2) is 30.3 Å². The number of hydrogen-bond acceptors (Lipinski definition) is 4. The van der Waals surface area contributed by atoms with Crippen molar-refractivity contribution in [1.82, 2.24) is 9.80 Å². The molecule has 5 nitrogen and oxygen atoms in total. The van der Waals surface area contributed by atoms with Crippen LogP contribution in [0.4, 0.5) is 0 Å². The van der Waals surface area contributed by atoms with Gasteiger partial charge in [-0.15, -0.1) is 11.8 Å². The van der Waals surface area contributed by atoms with Crippen molar-refractivity contribution in [3.63, 3.8) is 0 Å². The molecule has 0 spiro atoms. The Balaban J connectivity index is 1.46. The molecule has 27 heavy (non-hydrogen) atoms. The Morgan fingerprint density at radius 1 is 1.07 bits per heavy atom. The van der Waals surface area contributed by atoms with E-state index in [-0.39, 0.29) is 36.0 Å². The fourth-order valence-corrected chi connectivity index (χ4v) is 5.62. The van der Waals surface area contributed by atoms with Crippen molar-refractivity contribution in [3.8, 4) is 0 Å². The van der Waals surface area contributed by atoms with Crippen LogP contribution < -0.4 is 0 Å². The number of carbonyl (C=O) groups is 2. The van der Waals surface area contributed by atoms with E-state index in [0.717, 1.165) is 31.2 Å². The maximum absolute atomic E-state index is 13.3. The quantitative estimate of drug-likeness (QED) is 0.799. The van der Waals surface area contributed by atoms with Crippen LogP contribution in [0.1, 0.15) is 44.3 Å². The first kappa shape index (κ1) is 18.8. The van der Waals surface area contributed by atoms with E-state index < -0.39 is 0 Å². The molecule has 1 aromatic carbocycles. The van der Waals surface area contributed by atoms with E-state index >= 15 is 0 Å². The Bertz CT molecular complexity index is 677. The third-order valence-electron chi connectivity index (χ3n) is 5.90. The summed E-state index contributed by atoms with van der Waals surface area (Å²) in [7, 11) is 0. The highest BCUT2D eigenvalue weighted by Gasteiger charge is 2.41. The average Bonchev–Trinajstić information content (AvgIpc) is 3.39. The smallest absolute Gasteiger partial charge is 0.246 e. The van der Waals surface area contributed by atoms with Gasteiger partial charge in [-0.3, -0.25) is 9.59 Å². The topological polar surface area (TPSA) is 49.9 Å². The van der Waals surface area contributed by atoms with Crippen LogP contribution in [-0.2, 0) is 14.3 Å². The molecule has 2 saturated heterocycles. The molecule has 2 aliphatic heterocycles. The molecule has 0 bridgehead atoms. The Morgan fingerprint density at radius 2 is 1.81 bits per heavy atom. The molecule has 3 unspecified atom stereocenters. The van der Waals surface area contributed by atoms with E-state index in [1.54, 1.807) is 11.8 Å². The molecule has 0 N–H and O–H groups in total. The van der Waals surface area contributed by atoms with Crippen LogP contribution in [0, 0.1) is 5.92 Å². The molecule has 0 radical (unpaired) electrons. The lowest BCUT2D eigenvalue weighted by Crippen LogP contribution is -2.54. The van der Waals surface area contributed by atoms with Crippen molar-refractivity contribution >= 4 is 23.6 Å². The van der Waals surface area contributed by atoms with Gasteiger partial charge in [-0.05, 0) is 25.3 Å². The molecule has 3 aliphatic rings. The second-order valence-electron chi connectivity index (χ2n) is 7.89. The lowest BCUT2D eigenvalue weighted by atomic mass is 10.0. The number of amides is 2. The first-order chi connectivity index (χ1) is 13.1. The van der Waals surface area contributed by atoms with Crippen molar-refractivity contribution in [2.75, 3.05) is 24.7 Å². The van der Waals surface area contributed by atoms with Gasteiger partial charge < -0.3 is 14.5 Å². The van der Waals surface area contributed by atoms with E-state index in [4.69, 9.17) is 4.74 Å². The number of hydrogen-bond donors (Lipinski definition) is 0. The zero-order chi connectivity index (χ0) is 18.8. The maximum atomic E-state index is 13.3. The van der Waals surface area contributed by atoms with Gasteiger partial charge in [0.05, 0.1) is 18.5 Å². The lowest BCUT2D eigenvalue weighted by molar-refractivity contribution is -0.153. The number of rotatable bonds is 3. The molecule has 2 heterocycles. The highest BCUT2D eigenvalue weighted by molar-refractivity contribution is 7.99. The summed E-state index contributed by atoms with van der Waals surface area (Å²) < 4.78 is 6.09. The summed E-state index contributed by atoms with van der Waals surface area (Å²) in [5.74, 6) is 1.76. The summed E-state index contributed by atoms with van der Waals surface area (Å²) in [5, 5.41) is 0. The van der Waals surface area contributed by atoms with Crippen LogP contribution in [0.3, 0.4) is 0 Å². The molecule has 1 aliphatic carbocycles. The number of thioether (sulfide) groups is 1. The molecule has 3 atom stereocenters. The van der Waals surface area contributed by atoms with E-state index in [1.165, 1.54) is 0 Å². The van der Waals surface area contributed by atoms with Crippen molar-refractivity contribution in [3.05, 3.63) is 35.9 Å². The molecule has 146 valence electrons. The van der Waals surface area contributed by atoms with Gasteiger partial charge in [0.25, 0.3) is 0 Å². The zero-order valence-corrected chi connectivity index (χ0v) is 16.7.